The van der Waals surface area contributed by atoms with Crippen LogP contribution in [0.5, 0.6) is 5.75 Å². The third-order valence-electron chi connectivity index (χ3n) is 5.24. The van der Waals surface area contributed by atoms with Gasteiger partial charge in [0, 0.05) is 13.0 Å². The van der Waals surface area contributed by atoms with Crippen molar-refractivity contribution >= 4 is 11.9 Å². The standard InChI is InChI=1S/C21H24N2O4/c1-12-7-16(24)8-13(2)17(12)10-18(22)20(25)23-11-15-6-4-3-5-14(15)9-19(23)21(26)27/h3-8,18-19,24H,9-11,22H2,1-2H3,(H,26,27)/t18-,19+/m0/s1. The Balaban J connectivity index is 1.84. The summed E-state index contributed by atoms with van der Waals surface area (Å²) in [5, 5.41) is 19.3. The minimum atomic E-state index is -1.03. The molecule has 6 nitrogen and oxygen atoms in total. The van der Waals surface area contributed by atoms with Crippen LogP contribution in [0, 0.1) is 13.8 Å². The third-order valence-corrected chi connectivity index (χ3v) is 5.24. The predicted molar refractivity (Wildman–Crippen MR) is 101 cm³/mol. The lowest BCUT2D eigenvalue weighted by Crippen LogP contribution is -2.54. The van der Waals surface area contributed by atoms with Gasteiger partial charge >= 0.3 is 5.97 Å². The van der Waals surface area contributed by atoms with Crippen LogP contribution in [-0.4, -0.2) is 39.1 Å². The molecule has 0 aromatic heterocycles. The number of benzene rings is 2. The number of phenols is 1. The van der Waals surface area contributed by atoms with Gasteiger partial charge in [0.15, 0.2) is 0 Å². The topological polar surface area (TPSA) is 104 Å². The Morgan fingerprint density at radius 1 is 1.19 bits per heavy atom. The van der Waals surface area contributed by atoms with Crippen LogP contribution in [0.4, 0.5) is 0 Å². The van der Waals surface area contributed by atoms with Crippen molar-refractivity contribution in [1.82, 2.24) is 4.90 Å². The van der Waals surface area contributed by atoms with Crippen molar-refractivity contribution in [2.24, 2.45) is 5.73 Å². The maximum Gasteiger partial charge on any atom is 0.326 e. The smallest absolute Gasteiger partial charge is 0.326 e. The van der Waals surface area contributed by atoms with E-state index >= 15 is 0 Å². The summed E-state index contributed by atoms with van der Waals surface area (Å²) in [5.74, 6) is -1.22. The number of aromatic hydroxyl groups is 1. The number of hydrogen-bond acceptors (Lipinski definition) is 4. The Bertz CT molecular complexity index is 870. The Kier molecular flexibility index (Phi) is 5.19. The molecule has 1 aliphatic heterocycles. The Morgan fingerprint density at radius 2 is 1.78 bits per heavy atom. The Hall–Kier alpha value is -2.86. The minimum Gasteiger partial charge on any atom is -0.508 e. The molecule has 0 saturated carbocycles. The highest BCUT2D eigenvalue weighted by molar-refractivity contribution is 5.88. The highest BCUT2D eigenvalue weighted by Crippen LogP contribution is 2.26. The molecule has 27 heavy (non-hydrogen) atoms. The third kappa shape index (κ3) is 3.80. The van der Waals surface area contributed by atoms with Gasteiger partial charge in [-0.15, -0.1) is 0 Å². The van der Waals surface area contributed by atoms with Crippen LogP contribution in [0.15, 0.2) is 36.4 Å². The monoisotopic (exact) mass is 368 g/mol. The number of aryl methyl sites for hydroxylation is 2. The van der Waals surface area contributed by atoms with Crippen LogP contribution >= 0.6 is 0 Å². The van der Waals surface area contributed by atoms with Crippen molar-refractivity contribution in [3.63, 3.8) is 0 Å². The van der Waals surface area contributed by atoms with E-state index in [1.807, 2.05) is 38.1 Å². The molecule has 0 spiro atoms. The second-order valence-electron chi connectivity index (χ2n) is 7.16. The second kappa shape index (κ2) is 7.40. The SMILES string of the molecule is Cc1cc(O)cc(C)c1C[C@H](N)C(=O)N1Cc2ccccc2C[C@@H]1C(=O)O. The van der Waals surface area contributed by atoms with Crippen molar-refractivity contribution in [3.8, 4) is 5.75 Å². The van der Waals surface area contributed by atoms with Gasteiger partial charge in [-0.1, -0.05) is 24.3 Å². The molecule has 0 unspecified atom stereocenters. The van der Waals surface area contributed by atoms with E-state index in [2.05, 4.69) is 0 Å². The van der Waals surface area contributed by atoms with Crippen LogP contribution in [-0.2, 0) is 29.0 Å². The molecule has 4 N–H and O–H groups in total. The van der Waals surface area contributed by atoms with Gasteiger partial charge in [0.25, 0.3) is 0 Å². The molecule has 2 aromatic carbocycles. The van der Waals surface area contributed by atoms with Crippen molar-refractivity contribution in [2.45, 2.75) is 45.3 Å². The number of amides is 1. The van der Waals surface area contributed by atoms with Gasteiger partial charge in [0.05, 0.1) is 6.04 Å². The summed E-state index contributed by atoms with van der Waals surface area (Å²) in [6.07, 6.45) is 0.572. The molecule has 2 aromatic rings. The van der Waals surface area contributed by atoms with Crippen molar-refractivity contribution in [2.75, 3.05) is 0 Å². The van der Waals surface area contributed by atoms with E-state index < -0.39 is 18.1 Å². The van der Waals surface area contributed by atoms with Gasteiger partial charge in [-0.05, 0) is 60.2 Å². The second-order valence-corrected chi connectivity index (χ2v) is 7.16. The predicted octanol–water partition coefficient (Wildman–Crippen LogP) is 1.92. The fourth-order valence-electron chi connectivity index (χ4n) is 3.79. The molecule has 142 valence electrons. The average Bonchev–Trinajstić information content (AvgIpc) is 2.62. The first-order valence-electron chi connectivity index (χ1n) is 8.92. The maximum absolute atomic E-state index is 13.0. The van der Waals surface area contributed by atoms with Gasteiger partial charge in [-0.3, -0.25) is 4.79 Å². The number of aliphatic carboxylic acids is 1. The number of carbonyl (C=O) groups is 2. The van der Waals surface area contributed by atoms with Crippen LogP contribution in [0.3, 0.4) is 0 Å². The van der Waals surface area contributed by atoms with Crippen LogP contribution in [0.1, 0.15) is 27.8 Å². The number of carboxylic acids is 1. The van der Waals surface area contributed by atoms with Crippen molar-refractivity contribution in [1.29, 1.82) is 0 Å². The molecular formula is C21H24N2O4. The minimum absolute atomic E-state index is 0.173. The zero-order valence-corrected chi connectivity index (χ0v) is 15.5. The number of fused-ring (bicyclic) bond motifs is 1. The number of hydrogen-bond donors (Lipinski definition) is 3. The maximum atomic E-state index is 13.0. The van der Waals surface area contributed by atoms with E-state index in [0.717, 1.165) is 27.8 Å². The molecule has 0 aliphatic carbocycles. The summed E-state index contributed by atoms with van der Waals surface area (Å²) in [6, 6.07) is 9.07. The summed E-state index contributed by atoms with van der Waals surface area (Å²) in [5.41, 5.74) is 10.7. The molecule has 0 fully saturated rings. The summed E-state index contributed by atoms with van der Waals surface area (Å²) in [4.78, 5) is 26.1. The van der Waals surface area contributed by atoms with E-state index in [1.165, 1.54) is 4.90 Å². The Morgan fingerprint density at radius 3 is 2.37 bits per heavy atom. The van der Waals surface area contributed by atoms with E-state index in [9.17, 15) is 19.8 Å². The fraction of sp³-hybridized carbons (Fsp3) is 0.333. The Labute approximate surface area is 158 Å². The summed E-state index contributed by atoms with van der Waals surface area (Å²) >= 11 is 0. The van der Waals surface area contributed by atoms with Gasteiger partial charge in [0.1, 0.15) is 11.8 Å². The fourth-order valence-corrected chi connectivity index (χ4v) is 3.79. The highest BCUT2D eigenvalue weighted by Gasteiger charge is 2.36. The van der Waals surface area contributed by atoms with Gasteiger partial charge in [-0.25, -0.2) is 4.79 Å². The van der Waals surface area contributed by atoms with Crippen LogP contribution < -0.4 is 5.73 Å². The quantitative estimate of drug-likeness (QED) is 0.765. The first-order valence-corrected chi connectivity index (χ1v) is 8.92. The number of rotatable bonds is 4. The first-order chi connectivity index (χ1) is 12.8. The lowest BCUT2D eigenvalue weighted by atomic mass is 9.92. The van der Waals surface area contributed by atoms with Gasteiger partial charge < -0.3 is 20.8 Å². The molecule has 0 saturated heterocycles. The zero-order chi connectivity index (χ0) is 19.7. The molecule has 0 bridgehead atoms. The van der Waals surface area contributed by atoms with E-state index in [1.54, 1.807) is 12.1 Å². The van der Waals surface area contributed by atoms with E-state index in [4.69, 9.17) is 5.73 Å². The number of carboxylic acid groups (broad SMARTS) is 1. The summed E-state index contributed by atoms with van der Waals surface area (Å²) < 4.78 is 0. The van der Waals surface area contributed by atoms with E-state index in [0.29, 0.717) is 6.42 Å². The average molecular weight is 368 g/mol. The molecule has 2 atom stereocenters. The number of carbonyl (C=O) groups excluding carboxylic acids is 1. The zero-order valence-electron chi connectivity index (χ0n) is 15.5. The first kappa shape index (κ1) is 18.9. The molecule has 1 aliphatic rings. The van der Waals surface area contributed by atoms with Crippen molar-refractivity contribution in [3.05, 3.63) is 64.2 Å². The molecule has 0 radical (unpaired) electrons. The van der Waals surface area contributed by atoms with Crippen LogP contribution in [0.25, 0.3) is 0 Å². The van der Waals surface area contributed by atoms with E-state index in [-0.39, 0.29) is 24.6 Å². The van der Waals surface area contributed by atoms with Gasteiger partial charge in [-0.2, -0.15) is 0 Å². The number of nitrogens with two attached hydrogens (primary N) is 1. The number of phenolic OH excluding ortho intramolecular Hbond substituents is 1. The summed E-state index contributed by atoms with van der Waals surface area (Å²) in [7, 11) is 0. The van der Waals surface area contributed by atoms with Gasteiger partial charge in [0.2, 0.25) is 5.91 Å². The molecular weight excluding hydrogens is 344 g/mol. The normalized spacial score (nSPS) is 17.3. The lowest BCUT2D eigenvalue weighted by molar-refractivity contribution is -0.152. The molecule has 1 heterocycles. The number of nitrogens with zero attached hydrogens (tertiary/aromatic N) is 1. The molecule has 6 heteroatoms. The lowest BCUT2D eigenvalue weighted by Gasteiger charge is -2.36. The summed E-state index contributed by atoms with van der Waals surface area (Å²) in [6.45, 7) is 3.96. The van der Waals surface area contributed by atoms with Crippen molar-refractivity contribution < 1.29 is 19.8 Å². The molecule has 1 amide bonds. The highest BCUT2D eigenvalue weighted by atomic mass is 16.4. The molecule has 3 rings (SSSR count). The largest absolute Gasteiger partial charge is 0.508 e. The van der Waals surface area contributed by atoms with Crippen LogP contribution in [0.2, 0.25) is 0 Å².